The molecule has 2 aromatic heterocycles. The van der Waals surface area contributed by atoms with Crippen LogP contribution in [-0.2, 0) is 23.0 Å². The van der Waals surface area contributed by atoms with Crippen LogP contribution in [0.4, 0.5) is 19.3 Å². The Balaban J connectivity index is 2.01. The molecule has 0 aliphatic heterocycles. The van der Waals surface area contributed by atoms with Gasteiger partial charge in [0.25, 0.3) is 10.0 Å². The summed E-state index contributed by atoms with van der Waals surface area (Å²) >= 11 is 0. The van der Waals surface area contributed by atoms with Gasteiger partial charge in [-0.25, -0.2) is 22.0 Å². The third kappa shape index (κ3) is 4.89. The lowest BCUT2D eigenvalue weighted by Crippen LogP contribution is -2.37. The van der Waals surface area contributed by atoms with Gasteiger partial charge in [-0.3, -0.25) is 9.67 Å². The highest BCUT2D eigenvalue weighted by Gasteiger charge is 2.36. The number of hydrogen-bond acceptors (Lipinski definition) is 5. The number of halogens is 2. The molecule has 8 nitrogen and oxygen atoms in total. The lowest BCUT2D eigenvalue weighted by Gasteiger charge is -2.24. The van der Waals surface area contributed by atoms with Gasteiger partial charge in [-0.1, -0.05) is 25.5 Å². The van der Waals surface area contributed by atoms with Crippen LogP contribution in [-0.4, -0.2) is 34.4 Å². The first kappa shape index (κ1) is 26.9. The van der Waals surface area contributed by atoms with E-state index >= 15 is 0 Å². The summed E-state index contributed by atoms with van der Waals surface area (Å²) in [5, 5.41) is 14.7. The van der Waals surface area contributed by atoms with Gasteiger partial charge in [-0.2, -0.15) is 9.40 Å². The van der Waals surface area contributed by atoms with Crippen molar-refractivity contribution in [2.45, 2.75) is 45.1 Å². The largest absolute Gasteiger partial charge is 0.464 e. The fourth-order valence-corrected chi connectivity index (χ4v) is 5.81. The second kappa shape index (κ2) is 10.7. The van der Waals surface area contributed by atoms with E-state index in [0.29, 0.717) is 53.2 Å². The van der Waals surface area contributed by atoms with Gasteiger partial charge in [0.05, 0.1) is 11.4 Å². The van der Waals surface area contributed by atoms with Crippen molar-refractivity contribution >= 4 is 21.8 Å². The van der Waals surface area contributed by atoms with Crippen LogP contribution in [0.15, 0.2) is 65.8 Å². The molecule has 0 bridgehead atoms. The minimum absolute atomic E-state index is 0.0800. The van der Waals surface area contributed by atoms with Gasteiger partial charge in [0.1, 0.15) is 22.2 Å². The summed E-state index contributed by atoms with van der Waals surface area (Å²) in [7, 11) is -5.03. The van der Waals surface area contributed by atoms with Gasteiger partial charge in [0, 0.05) is 30.1 Å². The summed E-state index contributed by atoms with van der Waals surface area (Å²) < 4.78 is 57.0. The smallest absolute Gasteiger partial charge is 0.426 e. The molecule has 0 aliphatic carbocycles. The predicted molar refractivity (Wildman–Crippen MR) is 139 cm³/mol. The van der Waals surface area contributed by atoms with Gasteiger partial charge < -0.3 is 5.11 Å². The van der Waals surface area contributed by atoms with Crippen molar-refractivity contribution in [3.8, 4) is 22.5 Å². The Kier molecular flexibility index (Phi) is 7.58. The van der Waals surface area contributed by atoms with E-state index in [1.165, 1.54) is 6.07 Å². The molecule has 4 aromatic rings. The minimum Gasteiger partial charge on any atom is -0.464 e. The van der Waals surface area contributed by atoms with Crippen molar-refractivity contribution in [1.29, 1.82) is 0 Å². The molecule has 38 heavy (non-hydrogen) atoms. The summed E-state index contributed by atoms with van der Waals surface area (Å²) in [6.07, 6.45) is 2.97. The van der Waals surface area contributed by atoms with Crippen molar-refractivity contribution in [3.63, 3.8) is 0 Å². The number of anilines is 1. The highest BCUT2D eigenvalue weighted by Crippen LogP contribution is 2.40. The Morgan fingerprint density at radius 2 is 1.87 bits per heavy atom. The van der Waals surface area contributed by atoms with Gasteiger partial charge in [-0.05, 0) is 67.8 Å². The molecule has 0 radical (unpaired) electrons. The van der Waals surface area contributed by atoms with E-state index in [4.69, 9.17) is 5.10 Å². The van der Waals surface area contributed by atoms with E-state index in [0.717, 1.165) is 18.1 Å². The zero-order chi connectivity index (χ0) is 27.6. The normalized spacial score (nSPS) is 11.5. The molecule has 2 heterocycles. The SMILES string of the molecule is CCCc1ccc(N(C(=O)O)S(=O)(=O)c2cc(F)ccc2F)c(C)c1-c1nn(CC)cc1-c1ccccn1. The van der Waals surface area contributed by atoms with E-state index in [-0.39, 0.29) is 9.99 Å². The maximum atomic E-state index is 14.5. The predicted octanol–water partition coefficient (Wildman–Crippen LogP) is 6.04. The Labute approximate surface area is 219 Å². The summed E-state index contributed by atoms with van der Waals surface area (Å²) in [4.78, 5) is 15.7. The molecule has 4 rings (SSSR count). The van der Waals surface area contributed by atoms with Crippen molar-refractivity contribution in [3.05, 3.63) is 83.7 Å². The molecular weight excluding hydrogens is 514 g/mol. The number of benzene rings is 2. The highest BCUT2D eigenvalue weighted by atomic mass is 32.2. The monoisotopic (exact) mass is 540 g/mol. The molecule has 0 fully saturated rings. The highest BCUT2D eigenvalue weighted by molar-refractivity contribution is 7.93. The van der Waals surface area contributed by atoms with Crippen molar-refractivity contribution in [2.75, 3.05) is 4.31 Å². The molecule has 1 amide bonds. The molecule has 0 aliphatic rings. The number of nitrogens with zero attached hydrogens (tertiary/aromatic N) is 4. The van der Waals surface area contributed by atoms with Crippen LogP contribution < -0.4 is 4.31 Å². The molecule has 2 aromatic carbocycles. The van der Waals surface area contributed by atoms with Crippen LogP contribution in [0.5, 0.6) is 0 Å². The van der Waals surface area contributed by atoms with E-state index in [1.54, 1.807) is 29.9 Å². The summed E-state index contributed by atoms with van der Waals surface area (Å²) in [6.45, 7) is 6.04. The number of amides is 1. The zero-order valence-electron chi connectivity index (χ0n) is 21.0. The molecule has 0 unspecified atom stereocenters. The average molecular weight is 541 g/mol. The first-order valence-corrected chi connectivity index (χ1v) is 13.4. The number of rotatable bonds is 8. The average Bonchev–Trinajstić information content (AvgIpc) is 3.31. The molecule has 11 heteroatoms. The van der Waals surface area contributed by atoms with E-state index in [9.17, 15) is 27.1 Å². The van der Waals surface area contributed by atoms with Crippen molar-refractivity contribution in [2.24, 2.45) is 0 Å². The van der Waals surface area contributed by atoms with Crippen molar-refractivity contribution < 1.29 is 27.1 Å². The lowest BCUT2D eigenvalue weighted by molar-refractivity contribution is 0.206. The molecule has 198 valence electrons. The number of pyridine rings is 1. The summed E-state index contributed by atoms with van der Waals surface area (Å²) in [5.74, 6) is -2.28. The fraction of sp³-hybridized carbons (Fsp3) is 0.222. The lowest BCUT2D eigenvalue weighted by atomic mass is 9.92. The molecule has 0 atom stereocenters. The molecule has 1 N–H and O–H groups in total. The van der Waals surface area contributed by atoms with E-state index in [1.807, 2.05) is 32.2 Å². The van der Waals surface area contributed by atoms with Gasteiger partial charge in [-0.15, -0.1) is 0 Å². The number of hydrogen-bond donors (Lipinski definition) is 1. The molecule has 0 spiro atoms. The summed E-state index contributed by atoms with van der Waals surface area (Å²) in [5.41, 5.74) is 3.30. The molecule has 0 saturated heterocycles. The Morgan fingerprint density at radius 1 is 1.11 bits per heavy atom. The number of carboxylic acid groups (broad SMARTS) is 1. The second-order valence-electron chi connectivity index (χ2n) is 8.58. The first-order chi connectivity index (χ1) is 18.1. The standard InChI is InChI=1S/C27H26F2N4O4S/c1-4-8-18-10-13-23(33(27(34)35)38(36,37)24-15-19(28)11-12-21(24)29)17(3)25(18)26-20(16-32(5-2)31-26)22-9-6-7-14-30-22/h6-7,9-16H,4-5,8H2,1-3H3,(H,34,35). The van der Waals surface area contributed by atoms with Crippen LogP contribution >= 0.6 is 0 Å². The summed E-state index contributed by atoms with van der Waals surface area (Å²) in [6, 6.07) is 10.3. The van der Waals surface area contributed by atoms with Crippen LogP contribution in [0.3, 0.4) is 0 Å². The molecule has 0 saturated carbocycles. The maximum absolute atomic E-state index is 14.5. The number of aryl methyl sites for hydroxylation is 2. The van der Waals surface area contributed by atoms with Gasteiger partial charge in [0.2, 0.25) is 0 Å². The fourth-order valence-electron chi connectivity index (χ4n) is 4.37. The van der Waals surface area contributed by atoms with Gasteiger partial charge in [0.15, 0.2) is 0 Å². The van der Waals surface area contributed by atoms with E-state index < -0.39 is 32.6 Å². The number of sulfonamides is 1. The maximum Gasteiger partial charge on any atom is 0.426 e. The Morgan fingerprint density at radius 3 is 2.50 bits per heavy atom. The third-order valence-corrected chi connectivity index (χ3v) is 7.81. The number of aromatic nitrogens is 3. The Hall–Kier alpha value is -4.12. The van der Waals surface area contributed by atoms with Crippen molar-refractivity contribution in [1.82, 2.24) is 14.8 Å². The zero-order valence-corrected chi connectivity index (χ0v) is 21.8. The molecular formula is C27H26F2N4O4S. The van der Waals surface area contributed by atoms with Gasteiger partial charge >= 0.3 is 6.09 Å². The van der Waals surface area contributed by atoms with E-state index in [2.05, 4.69) is 4.98 Å². The minimum atomic E-state index is -5.03. The Bertz CT molecular complexity index is 1610. The van der Waals surface area contributed by atoms with Crippen LogP contribution in [0, 0.1) is 18.6 Å². The second-order valence-corrected chi connectivity index (χ2v) is 10.3. The van der Waals surface area contributed by atoms with Crippen LogP contribution in [0.2, 0.25) is 0 Å². The van der Waals surface area contributed by atoms with Crippen LogP contribution in [0.25, 0.3) is 22.5 Å². The quantitative estimate of drug-likeness (QED) is 0.292. The third-order valence-electron chi connectivity index (χ3n) is 6.11. The first-order valence-electron chi connectivity index (χ1n) is 11.9. The van der Waals surface area contributed by atoms with Crippen LogP contribution in [0.1, 0.15) is 31.4 Å². The topological polar surface area (TPSA) is 105 Å². The number of carbonyl (C=O) groups is 1.